The summed E-state index contributed by atoms with van der Waals surface area (Å²) in [5, 5.41) is 4.34. The van der Waals surface area contributed by atoms with Crippen molar-refractivity contribution in [2.75, 3.05) is 0 Å². The predicted molar refractivity (Wildman–Crippen MR) is 78.9 cm³/mol. The van der Waals surface area contributed by atoms with E-state index in [0.717, 1.165) is 31.6 Å². The van der Waals surface area contributed by atoms with Crippen LogP contribution in [0.2, 0.25) is 0 Å². The second-order valence-electron chi connectivity index (χ2n) is 4.17. The highest BCUT2D eigenvalue weighted by molar-refractivity contribution is 9.10. The van der Waals surface area contributed by atoms with Crippen LogP contribution < -0.4 is 4.74 Å². The number of benzene rings is 1. The van der Waals surface area contributed by atoms with E-state index in [1.807, 2.05) is 43.8 Å². The van der Waals surface area contributed by atoms with Gasteiger partial charge in [-0.05, 0) is 53.5 Å². The molecule has 96 valence electrons. The van der Waals surface area contributed by atoms with Crippen molar-refractivity contribution in [3.8, 4) is 5.75 Å². The minimum atomic E-state index is 0.500. The Balaban J connectivity index is 2.16. The van der Waals surface area contributed by atoms with Crippen LogP contribution in [0.1, 0.15) is 17.0 Å². The molecule has 0 bridgehead atoms. The topological polar surface area (TPSA) is 27.1 Å². The molecule has 0 saturated carbocycles. The smallest absolute Gasteiger partial charge is 0.131 e. The molecule has 1 heterocycles. The Labute approximate surface area is 123 Å². The van der Waals surface area contributed by atoms with Gasteiger partial charge in [0.25, 0.3) is 0 Å². The van der Waals surface area contributed by atoms with Gasteiger partial charge in [-0.2, -0.15) is 5.10 Å². The number of hydrogen-bond acceptors (Lipinski definition) is 2. The fraction of sp³-hybridized carbons (Fsp3) is 0.308. The van der Waals surface area contributed by atoms with Crippen molar-refractivity contribution in [1.82, 2.24) is 9.78 Å². The van der Waals surface area contributed by atoms with Gasteiger partial charge in [-0.3, -0.25) is 4.68 Å². The van der Waals surface area contributed by atoms with E-state index in [4.69, 9.17) is 4.74 Å². The van der Waals surface area contributed by atoms with Crippen molar-refractivity contribution >= 4 is 31.9 Å². The summed E-state index contributed by atoms with van der Waals surface area (Å²) in [5.74, 6) is 0.893. The van der Waals surface area contributed by atoms with E-state index < -0.39 is 0 Å². The molecular formula is C13H14Br2N2O. The molecule has 0 amide bonds. The third-order valence-corrected chi connectivity index (χ3v) is 4.29. The lowest BCUT2D eigenvalue weighted by molar-refractivity contribution is 0.292. The van der Waals surface area contributed by atoms with E-state index in [9.17, 15) is 0 Å². The minimum Gasteiger partial charge on any atom is -0.487 e. The van der Waals surface area contributed by atoms with Crippen LogP contribution in [-0.4, -0.2) is 9.78 Å². The Bertz CT molecular complexity index is 579. The molecule has 1 aromatic heterocycles. The normalized spacial score (nSPS) is 10.7. The zero-order valence-electron chi connectivity index (χ0n) is 10.5. The molecule has 0 N–H and O–H groups in total. The van der Waals surface area contributed by atoms with E-state index in [-0.39, 0.29) is 0 Å². The molecule has 0 aliphatic rings. The summed E-state index contributed by atoms with van der Waals surface area (Å²) in [5.41, 5.74) is 3.12. The highest BCUT2D eigenvalue weighted by atomic mass is 79.9. The Hall–Kier alpha value is -0.810. The standard InChI is InChI=1S/C13H14Br2N2O/c1-8-6-10(14)4-5-12(8)18-7-11-13(15)9(2)16-17(11)3/h4-6H,7H2,1-3H3. The summed E-state index contributed by atoms with van der Waals surface area (Å²) in [7, 11) is 1.92. The highest BCUT2D eigenvalue weighted by Crippen LogP contribution is 2.25. The van der Waals surface area contributed by atoms with Crippen molar-refractivity contribution in [2.45, 2.75) is 20.5 Å². The largest absolute Gasteiger partial charge is 0.487 e. The lowest BCUT2D eigenvalue weighted by atomic mass is 10.2. The molecule has 0 spiro atoms. The van der Waals surface area contributed by atoms with Crippen LogP contribution in [-0.2, 0) is 13.7 Å². The van der Waals surface area contributed by atoms with Crippen LogP contribution in [0.25, 0.3) is 0 Å². The molecule has 2 aromatic rings. The fourth-order valence-electron chi connectivity index (χ4n) is 1.76. The van der Waals surface area contributed by atoms with Crippen molar-refractivity contribution in [2.24, 2.45) is 7.05 Å². The van der Waals surface area contributed by atoms with Crippen LogP contribution in [0, 0.1) is 13.8 Å². The predicted octanol–water partition coefficient (Wildman–Crippen LogP) is 4.14. The first kappa shape index (κ1) is 13.6. The van der Waals surface area contributed by atoms with Crippen LogP contribution in [0.4, 0.5) is 0 Å². The number of halogens is 2. The van der Waals surface area contributed by atoms with Gasteiger partial charge >= 0.3 is 0 Å². The molecule has 0 aliphatic carbocycles. The molecular weight excluding hydrogens is 360 g/mol. The van der Waals surface area contributed by atoms with Gasteiger partial charge in [0, 0.05) is 11.5 Å². The Kier molecular flexibility index (Phi) is 4.12. The van der Waals surface area contributed by atoms with E-state index >= 15 is 0 Å². The zero-order chi connectivity index (χ0) is 13.3. The van der Waals surface area contributed by atoms with Gasteiger partial charge in [0.15, 0.2) is 0 Å². The van der Waals surface area contributed by atoms with Crippen molar-refractivity contribution in [3.63, 3.8) is 0 Å². The van der Waals surface area contributed by atoms with Crippen molar-refractivity contribution in [1.29, 1.82) is 0 Å². The third kappa shape index (κ3) is 2.78. The lowest BCUT2D eigenvalue weighted by Gasteiger charge is -2.10. The highest BCUT2D eigenvalue weighted by Gasteiger charge is 2.11. The number of rotatable bonds is 3. The summed E-state index contributed by atoms with van der Waals surface area (Å²) in [6, 6.07) is 5.99. The maximum Gasteiger partial charge on any atom is 0.131 e. The van der Waals surface area contributed by atoms with Crippen LogP contribution in [0.5, 0.6) is 5.75 Å². The minimum absolute atomic E-state index is 0.500. The molecule has 2 rings (SSSR count). The van der Waals surface area contributed by atoms with Gasteiger partial charge in [-0.25, -0.2) is 0 Å². The Morgan fingerprint density at radius 1 is 1.28 bits per heavy atom. The van der Waals surface area contributed by atoms with Gasteiger partial charge in [-0.1, -0.05) is 15.9 Å². The molecule has 5 heteroatoms. The number of hydrogen-bond donors (Lipinski definition) is 0. The lowest BCUT2D eigenvalue weighted by Crippen LogP contribution is -2.04. The van der Waals surface area contributed by atoms with Gasteiger partial charge in [0.2, 0.25) is 0 Å². The second kappa shape index (κ2) is 5.45. The summed E-state index contributed by atoms with van der Waals surface area (Å²) in [6.45, 7) is 4.50. The Morgan fingerprint density at radius 2 is 2.00 bits per heavy atom. The molecule has 0 aliphatic heterocycles. The Morgan fingerprint density at radius 3 is 2.56 bits per heavy atom. The van der Waals surface area contributed by atoms with Crippen molar-refractivity contribution < 1.29 is 4.74 Å². The monoisotopic (exact) mass is 372 g/mol. The average molecular weight is 374 g/mol. The maximum absolute atomic E-state index is 5.84. The molecule has 3 nitrogen and oxygen atoms in total. The molecule has 0 radical (unpaired) electrons. The quantitative estimate of drug-likeness (QED) is 0.808. The first-order chi connectivity index (χ1) is 8.49. The van der Waals surface area contributed by atoms with Crippen LogP contribution >= 0.6 is 31.9 Å². The van der Waals surface area contributed by atoms with Crippen molar-refractivity contribution in [3.05, 3.63) is 44.1 Å². The van der Waals surface area contributed by atoms with E-state index in [1.54, 1.807) is 0 Å². The summed E-state index contributed by atoms with van der Waals surface area (Å²) in [6.07, 6.45) is 0. The number of aromatic nitrogens is 2. The van der Waals surface area contributed by atoms with Crippen LogP contribution in [0.3, 0.4) is 0 Å². The number of nitrogens with zero attached hydrogens (tertiary/aromatic N) is 2. The van der Waals surface area contributed by atoms with Crippen LogP contribution in [0.15, 0.2) is 27.1 Å². The van der Waals surface area contributed by atoms with E-state index in [0.29, 0.717) is 6.61 Å². The summed E-state index contributed by atoms with van der Waals surface area (Å²) >= 11 is 6.98. The molecule has 0 atom stereocenters. The number of aryl methyl sites for hydroxylation is 3. The third-order valence-electron chi connectivity index (χ3n) is 2.76. The SMILES string of the molecule is Cc1cc(Br)ccc1OCc1c(Br)c(C)nn1C. The molecule has 0 fully saturated rings. The second-order valence-corrected chi connectivity index (χ2v) is 5.88. The zero-order valence-corrected chi connectivity index (χ0v) is 13.7. The van der Waals surface area contributed by atoms with E-state index in [2.05, 4.69) is 37.0 Å². The molecule has 18 heavy (non-hydrogen) atoms. The van der Waals surface area contributed by atoms with Gasteiger partial charge < -0.3 is 4.74 Å². The summed E-state index contributed by atoms with van der Waals surface area (Å²) in [4.78, 5) is 0. The molecule has 0 saturated heterocycles. The fourth-order valence-corrected chi connectivity index (χ4v) is 2.68. The van der Waals surface area contributed by atoms with Gasteiger partial charge in [0.1, 0.15) is 12.4 Å². The van der Waals surface area contributed by atoms with Gasteiger partial charge in [0.05, 0.1) is 15.9 Å². The first-order valence-corrected chi connectivity index (χ1v) is 7.14. The number of ether oxygens (including phenoxy) is 1. The van der Waals surface area contributed by atoms with E-state index in [1.165, 1.54) is 0 Å². The molecule has 0 unspecified atom stereocenters. The summed E-state index contributed by atoms with van der Waals surface area (Å²) < 4.78 is 9.76. The first-order valence-electron chi connectivity index (χ1n) is 5.56. The maximum atomic E-state index is 5.84. The molecule has 1 aromatic carbocycles. The van der Waals surface area contributed by atoms with Gasteiger partial charge in [-0.15, -0.1) is 0 Å². The average Bonchev–Trinajstić information content (AvgIpc) is 2.53.